The second-order valence-electron chi connectivity index (χ2n) is 8.04. The molecule has 0 saturated heterocycles. The summed E-state index contributed by atoms with van der Waals surface area (Å²) in [6.45, 7) is 2.53. The third-order valence-electron chi connectivity index (χ3n) is 5.59. The number of hydrogen-bond acceptors (Lipinski definition) is 2. The quantitative estimate of drug-likeness (QED) is 0.266. The normalized spacial score (nSPS) is 12.3. The van der Waals surface area contributed by atoms with Crippen molar-refractivity contribution in [1.29, 1.82) is 0 Å². The summed E-state index contributed by atoms with van der Waals surface area (Å²) in [5, 5.41) is 0. The van der Waals surface area contributed by atoms with Crippen molar-refractivity contribution in [2.24, 2.45) is 5.41 Å². The number of rotatable bonds is 10. The molecule has 0 aliphatic heterocycles. The Morgan fingerprint density at radius 1 is 0.629 bits per heavy atom. The van der Waals surface area contributed by atoms with Crippen molar-refractivity contribution < 1.29 is 35.9 Å². The van der Waals surface area contributed by atoms with Gasteiger partial charge >= 0.3 is 17.8 Å². The van der Waals surface area contributed by atoms with Crippen LogP contribution in [-0.4, -0.2) is 37.3 Å². The first kappa shape index (κ1) is 28.2. The van der Waals surface area contributed by atoms with E-state index >= 15 is 0 Å². The lowest BCUT2D eigenvalue weighted by Gasteiger charge is -2.41. The molecule has 0 fully saturated rings. The Bertz CT molecular complexity index is 882. The van der Waals surface area contributed by atoms with Gasteiger partial charge in [0.05, 0.1) is 0 Å². The van der Waals surface area contributed by atoms with Gasteiger partial charge in [0.1, 0.15) is 0 Å². The summed E-state index contributed by atoms with van der Waals surface area (Å²) in [5.74, 6) is -4.72. The van der Waals surface area contributed by atoms with E-state index in [1.165, 1.54) is 60.7 Å². The molecule has 2 amide bonds. The zero-order valence-electron chi connectivity index (χ0n) is 19.5. The van der Waals surface area contributed by atoms with Crippen LogP contribution in [0.1, 0.15) is 39.5 Å². The molecule has 0 spiro atoms. The molecule has 0 heterocycles. The second-order valence-corrected chi connectivity index (χ2v) is 8.04. The molecule has 35 heavy (non-hydrogen) atoms. The first-order valence-electron chi connectivity index (χ1n) is 11.3. The summed E-state index contributed by atoms with van der Waals surface area (Å²) >= 11 is 0. The number of halogens is 6. The maximum absolute atomic E-state index is 14.6. The zero-order valence-corrected chi connectivity index (χ0v) is 19.5. The first-order chi connectivity index (χ1) is 16.4. The van der Waals surface area contributed by atoms with E-state index in [0.29, 0.717) is 22.6 Å². The largest absolute Gasteiger partial charge is 0.421 e. The van der Waals surface area contributed by atoms with Crippen LogP contribution in [0.5, 0.6) is 0 Å². The summed E-state index contributed by atoms with van der Waals surface area (Å²) in [7, 11) is 0. The standard InChI is InChI=1S/C25H28F6N2O2/c1-3-5-17-32(19-13-9-7-10-14-19)21(34)23(24(26,27)28,25(29,30)31)22(35)33(18-6-4-2)20-15-11-8-12-16-20/h7-16H,3-6,17-18H2,1-2H3. The Balaban J connectivity index is 2.80. The number of anilines is 2. The molecule has 10 heteroatoms. The van der Waals surface area contributed by atoms with E-state index in [0.717, 1.165) is 0 Å². The average molecular weight is 502 g/mol. The molecule has 0 atom stereocenters. The third kappa shape index (κ3) is 5.79. The van der Waals surface area contributed by atoms with Crippen LogP contribution >= 0.6 is 0 Å². The number of unbranched alkanes of at least 4 members (excludes halogenated alkanes) is 2. The molecule has 0 radical (unpaired) electrons. The molecular weight excluding hydrogens is 474 g/mol. The van der Waals surface area contributed by atoms with E-state index in [1.54, 1.807) is 13.8 Å². The van der Waals surface area contributed by atoms with Crippen molar-refractivity contribution >= 4 is 23.2 Å². The molecule has 0 N–H and O–H groups in total. The van der Waals surface area contributed by atoms with Crippen molar-refractivity contribution in [1.82, 2.24) is 0 Å². The predicted octanol–water partition coefficient (Wildman–Crippen LogP) is 6.76. The van der Waals surface area contributed by atoms with Crippen LogP contribution in [-0.2, 0) is 9.59 Å². The maximum Gasteiger partial charge on any atom is 0.421 e. The fourth-order valence-corrected chi connectivity index (χ4v) is 3.69. The van der Waals surface area contributed by atoms with Gasteiger partial charge in [-0.1, -0.05) is 63.1 Å². The van der Waals surface area contributed by atoms with Gasteiger partial charge in [0.2, 0.25) is 0 Å². The van der Waals surface area contributed by atoms with Crippen molar-refractivity contribution in [2.75, 3.05) is 22.9 Å². The van der Waals surface area contributed by atoms with Gasteiger partial charge < -0.3 is 9.80 Å². The highest BCUT2D eigenvalue weighted by atomic mass is 19.4. The Morgan fingerprint density at radius 3 is 1.20 bits per heavy atom. The number of para-hydroxylation sites is 2. The lowest BCUT2D eigenvalue weighted by atomic mass is 9.81. The highest BCUT2D eigenvalue weighted by molar-refractivity contribution is 6.17. The summed E-state index contributed by atoms with van der Waals surface area (Å²) in [6.07, 6.45) is -11.4. The van der Waals surface area contributed by atoms with E-state index < -0.39 is 42.7 Å². The molecule has 2 aromatic rings. The average Bonchev–Trinajstić information content (AvgIpc) is 2.79. The predicted molar refractivity (Wildman–Crippen MR) is 122 cm³/mol. The second kappa shape index (κ2) is 11.6. The van der Waals surface area contributed by atoms with Crippen LogP contribution in [0, 0.1) is 5.41 Å². The van der Waals surface area contributed by atoms with Crippen molar-refractivity contribution in [3.05, 3.63) is 60.7 Å². The van der Waals surface area contributed by atoms with Crippen LogP contribution in [0.15, 0.2) is 60.7 Å². The van der Waals surface area contributed by atoms with Gasteiger partial charge in [0.25, 0.3) is 11.8 Å². The first-order valence-corrected chi connectivity index (χ1v) is 11.3. The molecule has 2 rings (SSSR count). The van der Waals surface area contributed by atoms with Crippen LogP contribution in [0.2, 0.25) is 0 Å². The fraction of sp³-hybridized carbons (Fsp3) is 0.440. The molecule has 0 bridgehead atoms. The molecule has 192 valence electrons. The van der Waals surface area contributed by atoms with Gasteiger partial charge in [-0.25, -0.2) is 0 Å². The van der Waals surface area contributed by atoms with Crippen molar-refractivity contribution in [2.45, 2.75) is 51.9 Å². The van der Waals surface area contributed by atoms with Gasteiger partial charge in [-0.2, -0.15) is 26.3 Å². The smallest absolute Gasteiger partial charge is 0.311 e. The zero-order chi connectivity index (χ0) is 26.3. The van der Waals surface area contributed by atoms with E-state index in [9.17, 15) is 35.9 Å². The van der Waals surface area contributed by atoms with Crippen molar-refractivity contribution in [3.63, 3.8) is 0 Å². The Hall–Kier alpha value is -3.04. The van der Waals surface area contributed by atoms with Gasteiger partial charge in [-0.05, 0) is 37.1 Å². The Kier molecular flexibility index (Phi) is 9.34. The van der Waals surface area contributed by atoms with Crippen LogP contribution in [0.3, 0.4) is 0 Å². The highest BCUT2D eigenvalue weighted by Crippen LogP contribution is 2.53. The van der Waals surface area contributed by atoms with Crippen LogP contribution < -0.4 is 9.80 Å². The number of amides is 2. The monoisotopic (exact) mass is 502 g/mol. The van der Waals surface area contributed by atoms with E-state index in [1.807, 2.05) is 0 Å². The van der Waals surface area contributed by atoms with E-state index in [4.69, 9.17) is 0 Å². The van der Waals surface area contributed by atoms with Gasteiger partial charge in [-0.3, -0.25) is 9.59 Å². The minimum absolute atomic E-state index is 0.138. The third-order valence-corrected chi connectivity index (χ3v) is 5.59. The Morgan fingerprint density at radius 2 is 0.943 bits per heavy atom. The number of carbonyl (C=O) groups excluding carboxylic acids is 2. The lowest BCUT2D eigenvalue weighted by Crippen LogP contribution is -2.68. The summed E-state index contributed by atoms with van der Waals surface area (Å²) in [6, 6.07) is 13.5. The molecule has 0 saturated carbocycles. The fourth-order valence-electron chi connectivity index (χ4n) is 3.69. The Labute approximate surface area is 200 Å². The number of benzene rings is 2. The topological polar surface area (TPSA) is 40.6 Å². The minimum Gasteiger partial charge on any atom is -0.311 e. The molecule has 4 nitrogen and oxygen atoms in total. The molecule has 0 aromatic heterocycles. The number of hydrogen-bond donors (Lipinski definition) is 0. The summed E-state index contributed by atoms with van der Waals surface area (Å²) in [5.41, 5.74) is -5.60. The van der Waals surface area contributed by atoms with E-state index in [-0.39, 0.29) is 24.2 Å². The molecule has 0 aliphatic carbocycles. The number of carbonyl (C=O) groups is 2. The SMILES string of the molecule is CCCCN(C(=O)C(C(=O)N(CCCC)c1ccccc1)(C(F)(F)F)C(F)(F)F)c1ccccc1. The molecule has 0 aliphatic rings. The molecule has 0 unspecified atom stereocenters. The highest BCUT2D eigenvalue weighted by Gasteiger charge is 2.81. The minimum atomic E-state index is -6.25. The summed E-state index contributed by atoms with van der Waals surface area (Å²) < 4.78 is 87.3. The maximum atomic E-state index is 14.6. The molecule has 2 aromatic carbocycles. The number of nitrogens with zero attached hydrogens (tertiary/aromatic N) is 2. The van der Waals surface area contributed by atoms with E-state index in [2.05, 4.69) is 0 Å². The van der Waals surface area contributed by atoms with Gasteiger partial charge in [0.15, 0.2) is 0 Å². The number of alkyl halides is 6. The van der Waals surface area contributed by atoms with Gasteiger partial charge in [0, 0.05) is 24.5 Å². The van der Waals surface area contributed by atoms with Crippen LogP contribution in [0.4, 0.5) is 37.7 Å². The van der Waals surface area contributed by atoms with Crippen LogP contribution in [0.25, 0.3) is 0 Å². The van der Waals surface area contributed by atoms with Crippen molar-refractivity contribution in [3.8, 4) is 0 Å². The molecular formula is C25H28F6N2O2. The summed E-state index contributed by atoms with van der Waals surface area (Å²) in [4.78, 5) is 27.8. The lowest BCUT2D eigenvalue weighted by molar-refractivity contribution is -0.310. The van der Waals surface area contributed by atoms with Gasteiger partial charge in [-0.15, -0.1) is 0 Å².